The van der Waals surface area contributed by atoms with Crippen LogP contribution in [0.25, 0.3) is 0 Å². The Bertz CT molecular complexity index is 182. The Labute approximate surface area is 66.4 Å². The van der Waals surface area contributed by atoms with Crippen LogP contribution in [-0.4, -0.2) is 22.8 Å². The number of carboxylic acids is 1. The number of carbonyl (C=O) groups is 1. The molecule has 0 aromatic heterocycles. The summed E-state index contributed by atoms with van der Waals surface area (Å²) < 4.78 is 0. The molecule has 1 atom stereocenters. The number of rotatable bonds is 3. The molecule has 0 aliphatic carbocycles. The third-order valence-electron chi connectivity index (χ3n) is 1.93. The molecule has 0 aliphatic rings. The van der Waals surface area contributed by atoms with Gasteiger partial charge in [0.05, 0.1) is 0 Å². The third kappa shape index (κ3) is 2.72. The van der Waals surface area contributed by atoms with Crippen LogP contribution in [0.15, 0.2) is 11.1 Å². The summed E-state index contributed by atoms with van der Waals surface area (Å²) in [5, 5.41) is 17.3. The predicted octanol–water partition coefficient (Wildman–Crippen LogP) is 1.04. The molecular weight excluding hydrogens is 144 g/mol. The number of aliphatic hydroxyl groups is 1. The molecule has 1 unspecified atom stereocenters. The number of aliphatic carboxylic acids is 1. The highest BCUT2D eigenvalue weighted by Crippen LogP contribution is 2.13. The van der Waals surface area contributed by atoms with Gasteiger partial charge in [0, 0.05) is 18.1 Å². The second-order valence-electron chi connectivity index (χ2n) is 2.70. The lowest BCUT2D eigenvalue weighted by Crippen LogP contribution is -2.08. The van der Waals surface area contributed by atoms with Gasteiger partial charge in [-0.25, -0.2) is 4.79 Å². The Balaban J connectivity index is 4.51. The van der Waals surface area contributed by atoms with E-state index in [-0.39, 0.29) is 12.5 Å². The van der Waals surface area contributed by atoms with Crippen molar-refractivity contribution in [1.29, 1.82) is 0 Å². The monoisotopic (exact) mass is 158 g/mol. The zero-order valence-corrected chi connectivity index (χ0v) is 7.09. The van der Waals surface area contributed by atoms with E-state index in [1.165, 1.54) is 0 Å². The van der Waals surface area contributed by atoms with E-state index in [9.17, 15) is 4.79 Å². The van der Waals surface area contributed by atoms with Gasteiger partial charge in [-0.05, 0) is 13.8 Å². The van der Waals surface area contributed by atoms with Crippen LogP contribution in [0.4, 0.5) is 0 Å². The van der Waals surface area contributed by atoms with Crippen LogP contribution >= 0.6 is 0 Å². The molecule has 0 amide bonds. The maximum atomic E-state index is 10.4. The van der Waals surface area contributed by atoms with E-state index < -0.39 is 5.97 Å². The lowest BCUT2D eigenvalue weighted by atomic mass is 9.99. The van der Waals surface area contributed by atoms with Crippen LogP contribution in [0.2, 0.25) is 0 Å². The summed E-state index contributed by atoms with van der Waals surface area (Å²) in [7, 11) is 0. The fourth-order valence-electron chi connectivity index (χ4n) is 0.675. The molecule has 0 saturated carbocycles. The summed E-state index contributed by atoms with van der Waals surface area (Å²) >= 11 is 0. The lowest BCUT2D eigenvalue weighted by Gasteiger charge is -2.09. The zero-order valence-electron chi connectivity index (χ0n) is 7.09. The van der Waals surface area contributed by atoms with E-state index in [1.807, 2.05) is 0 Å². The maximum absolute atomic E-state index is 10.4. The van der Waals surface area contributed by atoms with Gasteiger partial charge in [0.15, 0.2) is 0 Å². The van der Waals surface area contributed by atoms with Crippen molar-refractivity contribution in [2.75, 3.05) is 6.61 Å². The van der Waals surface area contributed by atoms with E-state index in [2.05, 4.69) is 0 Å². The van der Waals surface area contributed by atoms with Gasteiger partial charge in [0.25, 0.3) is 0 Å². The molecule has 2 N–H and O–H groups in total. The highest BCUT2D eigenvalue weighted by molar-refractivity contribution is 5.86. The SMILES string of the molecule is CC(C(=O)O)=C(C)C(C)CO. The summed E-state index contributed by atoms with van der Waals surface area (Å²) in [5.41, 5.74) is 1.06. The normalized spacial score (nSPS) is 15.6. The van der Waals surface area contributed by atoms with E-state index in [0.29, 0.717) is 5.57 Å². The molecule has 0 bridgehead atoms. The highest BCUT2D eigenvalue weighted by atomic mass is 16.4. The number of hydrogen-bond acceptors (Lipinski definition) is 2. The van der Waals surface area contributed by atoms with Crippen molar-refractivity contribution in [3.8, 4) is 0 Å². The summed E-state index contributed by atoms with van der Waals surface area (Å²) in [5.74, 6) is -0.978. The molecule has 0 aromatic carbocycles. The molecule has 0 heterocycles. The molecule has 64 valence electrons. The van der Waals surface area contributed by atoms with E-state index in [1.54, 1.807) is 20.8 Å². The van der Waals surface area contributed by atoms with Gasteiger partial charge in [-0.2, -0.15) is 0 Å². The van der Waals surface area contributed by atoms with Crippen LogP contribution in [0.3, 0.4) is 0 Å². The highest BCUT2D eigenvalue weighted by Gasteiger charge is 2.10. The maximum Gasteiger partial charge on any atom is 0.331 e. The Morgan fingerprint density at radius 3 is 2.18 bits per heavy atom. The first kappa shape index (κ1) is 10.2. The van der Waals surface area contributed by atoms with E-state index in [0.717, 1.165) is 5.57 Å². The van der Waals surface area contributed by atoms with Crippen molar-refractivity contribution < 1.29 is 15.0 Å². The molecule has 3 heteroatoms. The van der Waals surface area contributed by atoms with E-state index >= 15 is 0 Å². The summed E-state index contributed by atoms with van der Waals surface area (Å²) in [6.07, 6.45) is 0. The second kappa shape index (κ2) is 4.13. The smallest absolute Gasteiger partial charge is 0.331 e. The standard InChI is InChI=1S/C8H14O3/c1-5(4-9)6(2)7(3)8(10)11/h5,9H,4H2,1-3H3,(H,10,11). The quantitative estimate of drug-likeness (QED) is 0.603. The largest absolute Gasteiger partial charge is 0.478 e. The average Bonchev–Trinajstić information content (AvgIpc) is 2.00. The number of hydrogen-bond donors (Lipinski definition) is 2. The van der Waals surface area contributed by atoms with Crippen molar-refractivity contribution in [2.24, 2.45) is 5.92 Å². The summed E-state index contributed by atoms with van der Waals surface area (Å²) in [6.45, 7) is 5.06. The second-order valence-corrected chi connectivity index (χ2v) is 2.70. The molecule has 0 aromatic rings. The fraction of sp³-hybridized carbons (Fsp3) is 0.625. The van der Waals surface area contributed by atoms with Crippen LogP contribution in [-0.2, 0) is 4.79 Å². The third-order valence-corrected chi connectivity index (χ3v) is 1.93. The van der Waals surface area contributed by atoms with Crippen molar-refractivity contribution in [3.05, 3.63) is 11.1 Å². The molecular formula is C8H14O3. The lowest BCUT2D eigenvalue weighted by molar-refractivity contribution is -0.132. The molecule has 0 fully saturated rings. The fourth-order valence-corrected chi connectivity index (χ4v) is 0.675. The zero-order chi connectivity index (χ0) is 9.02. The Hall–Kier alpha value is -0.830. The summed E-state index contributed by atoms with van der Waals surface area (Å²) in [4.78, 5) is 10.4. The Morgan fingerprint density at radius 1 is 1.45 bits per heavy atom. The first-order valence-corrected chi connectivity index (χ1v) is 3.52. The number of carboxylic acid groups (broad SMARTS) is 1. The topological polar surface area (TPSA) is 57.5 Å². The molecule has 0 spiro atoms. The van der Waals surface area contributed by atoms with Gasteiger partial charge in [0.1, 0.15) is 0 Å². The molecule has 0 aliphatic heterocycles. The average molecular weight is 158 g/mol. The Morgan fingerprint density at radius 2 is 1.91 bits per heavy atom. The molecule has 11 heavy (non-hydrogen) atoms. The Kier molecular flexibility index (Phi) is 3.82. The minimum Gasteiger partial charge on any atom is -0.478 e. The molecule has 0 saturated heterocycles. The van der Waals surface area contributed by atoms with Crippen LogP contribution in [0.1, 0.15) is 20.8 Å². The van der Waals surface area contributed by atoms with Crippen molar-refractivity contribution >= 4 is 5.97 Å². The van der Waals surface area contributed by atoms with Gasteiger partial charge in [-0.1, -0.05) is 12.5 Å². The van der Waals surface area contributed by atoms with Gasteiger partial charge < -0.3 is 10.2 Å². The van der Waals surface area contributed by atoms with Gasteiger partial charge in [-0.3, -0.25) is 0 Å². The summed E-state index contributed by atoms with van der Waals surface area (Å²) in [6, 6.07) is 0. The van der Waals surface area contributed by atoms with E-state index in [4.69, 9.17) is 10.2 Å². The molecule has 0 rings (SSSR count). The van der Waals surface area contributed by atoms with Gasteiger partial charge >= 0.3 is 5.97 Å². The minimum absolute atomic E-state index is 0.00352. The van der Waals surface area contributed by atoms with Crippen LogP contribution in [0.5, 0.6) is 0 Å². The first-order valence-electron chi connectivity index (χ1n) is 3.52. The van der Waals surface area contributed by atoms with Crippen LogP contribution < -0.4 is 0 Å². The van der Waals surface area contributed by atoms with Gasteiger partial charge in [0.2, 0.25) is 0 Å². The molecule has 0 radical (unpaired) electrons. The molecule has 3 nitrogen and oxygen atoms in total. The minimum atomic E-state index is -0.914. The van der Waals surface area contributed by atoms with Crippen molar-refractivity contribution in [3.63, 3.8) is 0 Å². The van der Waals surface area contributed by atoms with Crippen molar-refractivity contribution in [2.45, 2.75) is 20.8 Å². The van der Waals surface area contributed by atoms with Gasteiger partial charge in [-0.15, -0.1) is 0 Å². The first-order chi connectivity index (χ1) is 5.00. The number of aliphatic hydroxyl groups excluding tert-OH is 1. The predicted molar refractivity (Wildman–Crippen MR) is 42.3 cm³/mol. The van der Waals surface area contributed by atoms with Crippen LogP contribution in [0, 0.1) is 5.92 Å². The van der Waals surface area contributed by atoms with Crippen molar-refractivity contribution in [1.82, 2.24) is 0 Å².